The lowest BCUT2D eigenvalue weighted by Gasteiger charge is -2.36. The van der Waals surface area contributed by atoms with E-state index in [-0.39, 0.29) is 5.04 Å². The van der Waals surface area contributed by atoms with E-state index in [1.165, 1.54) is 0 Å². The summed E-state index contributed by atoms with van der Waals surface area (Å²) in [7, 11) is -1.76. The number of aliphatic hydroxyl groups excluding tert-OH is 1. The molecule has 17 heavy (non-hydrogen) atoms. The molecule has 1 atom stereocenters. The molecule has 3 heteroatoms. The Hall–Kier alpha value is -0.343. The summed E-state index contributed by atoms with van der Waals surface area (Å²) in [6.45, 7) is 15.3. The Bertz CT molecular complexity index is 294. The molecule has 0 rings (SSSR count). The Balaban J connectivity index is 4.45. The van der Waals surface area contributed by atoms with Crippen molar-refractivity contribution < 1.29 is 9.53 Å². The summed E-state index contributed by atoms with van der Waals surface area (Å²) in [6, 6.07) is 0. The van der Waals surface area contributed by atoms with E-state index in [0.717, 1.165) is 12.0 Å². The molecule has 0 aliphatic heterocycles. The van der Waals surface area contributed by atoms with Crippen molar-refractivity contribution in [2.75, 3.05) is 6.61 Å². The van der Waals surface area contributed by atoms with Crippen molar-refractivity contribution in [2.45, 2.75) is 65.3 Å². The fourth-order valence-corrected chi connectivity index (χ4v) is 2.00. The summed E-state index contributed by atoms with van der Waals surface area (Å²) < 4.78 is 5.97. The summed E-state index contributed by atoms with van der Waals surface area (Å²) in [4.78, 5) is 0. The van der Waals surface area contributed by atoms with E-state index in [4.69, 9.17) is 4.43 Å². The van der Waals surface area contributed by atoms with Crippen LogP contribution in [0.25, 0.3) is 0 Å². The summed E-state index contributed by atoms with van der Waals surface area (Å²) in [5.74, 6) is 0. The second-order valence-corrected chi connectivity index (χ2v) is 10.8. The second kappa shape index (κ2) is 6.55. The first-order chi connectivity index (χ1) is 7.62. The zero-order valence-corrected chi connectivity index (χ0v) is 13.4. The number of rotatable bonds is 5. The molecule has 0 aliphatic rings. The highest BCUT2D eigenvalue weighted by Gasteiger charge is 2.37. The molecule has 0 aromatic heterocycles. The molecule has 0 fully saturated rings. The van der Waals surface area contributed by atoms with Crippen LogP contribution in [0.2, 0.25) is 18.1 Å². The van der Waals surface area contributed by atoms with Gasteiger partial charge in [0.15, 0.2) is 8.32 Å². The molecule has 0 aromatic carbocycles. The third kappa shape index (κ3) is 5.69. The lowest BCUT2D eigenvalue weighted by molar-refractivity contribution is 0.127. The first-order valence-electron chi connectivity index (χ1n) is 6.35. The quantitative estimate of drug-likeness (QED) is 0.597. The zero-order chi connectivity index (χ0) is 13.7. The molecule has 0 aliphatic carbocycles. The van der Waals surface area contributed by atoms with Crippen molar-refractivity contribution in [3.63, 3.8) is 0 Å². The van der Waals surface area contributed by atoms with E-state index < -0.39 is 14.4 Å². The maximum atomic E-state index is 9.95. The minimum absolute atomic E-state index is 0.184. The van der Waals surface area contributed by atoms with Crippen LogP contribution in [0, 0.1) is 0 Å². The summed E-state index contributed by atoms with van der Waals surface area (Å²) >= 11 is 0. The highest BCUT2D eigenvalue weighted by Crippen LogP contribution is 2.36. The molecule has 0 aromatic rings. The van der Waals surface area contributed by atoms with Crippen LogP contribution < -0.4 is 0 Å². The summed E-state index contributed by atoms with van der Waals surface area (Å²) in [5, 5.41) is 10.1. The molecule has 2 nitrogen and oxygen atoms in total. The van der Waals surface area contributed by atoms with Crippen molar-refractivity contribution in [2.24, 2.45) is 0 Å². The van der Waals surface area contributed by atoms with Gasteiger partial charge in [-0.05, 0) is 43.1 Å². The van der Waals surface area contributed by atoms with E-state index >= 15 is 0 Å². The van der Waals surface area contributed by atoms with Crippen molar-refractivity contribution in [3.8, 4) is 0 Å². The number of hydrogen-bond donors (Lipinski definition) is 1. The van der Waals surface area contributed by atoms with E-state index in [1.807, 2.05) is 13.0 Å². The molecule has 1 N–H and O–H groups in total. The molecule has 0 radical (unpaired) electrons. The third-order valence-corrected chi connectivity index (χ3v) is 7.94. The normalized spacial score (nSPS) is 14.1. The van der Waals surface area contributed by atoms with Crippen LogP contribution in [0.5, 0.6) is 0 Å². The minimum Gasteiger partial charge on any atom is -0.414 e. The Labute approximate surface area is 108 Å². The van der Waals surface area contributed by atoms with Gasteiger partial charge in [0.25, 0.3) is 0 Å². The highest BCUT2D eigenvalue weighted by atomic mass is 28.4. The molecule has 0 spiro atoms. The van der Waals surface area contributed by atoms with Crippen LogP contribution in [0.3, 0.4) is 0 Å². The first kappa shape index (κ1) is 16.7. The van der Waals surface area contributed by atoms with Gasteiger partial charge in [-0.25, -0.2) is 0 Å². The average Bonchev–Trinajstić information content (AvgIpc) is 2.20. The van der Waals surface area contributed by atoms with Gasteiger partial charge in [0.2, 0.25) is 0 Å². The predicted octanol–water partition coefficient (Wildman–Crippen LogP) is 3.88. The highest BCUT2D eigenvalue weighted by molar-refractivity contribution is 6.74. The maximum Gasteiger partial charge on any atom is 0.192 e. The van der Waals surface area contributed by atoms with Gasteiger partial charge in [0.1, 0.15) is 6.10 Å². The number of aliphatic hydroxyl groups is 1. The van der Waals surface area contributed by atoms with Gasteiger partial charge >= 0.3 is 0 Å². The molecular weight excluding hydrogens is 228 g/mol. The van der Waals surface area contributed by atoms with Crippen LogP contribution in [0.1, 0.15) is 41.0 Å². The smallest absolute Gasteiger partial charge is 0.192 e. The van der Waals surface area contributed by atoms with Gasteiger partial charge in [-0.15, -0.1) is 5.73 Å². The zero-order valence-electron chi connectivity index (χ0n) is 12.4. The molecule has 100 valence electrons. The van der Waals surface area contributed by atoms with E-state index in [2.05, 4.69) is 46.5 Å². The molecular formula is C14H28O2Si. The Morgan fingerprint density at radius 3 is 2.35 bits per heavy atom. The fraction of sp³-hybridized carbons (Fsp3) is 0.786. The lowest BCUT2D eigenvalue weighted by atomic mass is 10.2. The monoisotopic (exact) mass is 256 g/mol. The van der Waals surface area contributed by atoms with E-state index in [9.17, 15) is 5.11 Å². The van der Waals surface area contributed by atoms with Gasteiger partial charge in [0, 0.05) is 0 Å². The van der Waals surface area contributed by atoms with Gasteiger partial charge < -0.3 is 9.53 Å². The average molecular weight is 256 g/mol. The van der Waals surface area contributed by atoms with Crippen LogP contribution in [-0.4, -0.2) is 26.1 Å². The minimum atomic E-state index is -1.76. The fourth-order valence-electron chi connectivity index (χ4n) is 0.988. The first-order valence-corrected chi connectivity index (χ1v) is 9.26. The maximum absolute atomic E-state index is 9.95. The van der Waals surface area contributed by atoms with Crippen molar-refractivity contribution >= 4 is 8.32 Å². The standard InChI is InChI=1S/C14H28O2Si/c1-8-9-10-12(2)13(15)11-16-17(6,7)14(3,4)5/h9,13,15H,8,11H2,1-7H3/t10?,13-/m1/s1. The van der Waals surface area contributed by atoms with Crippen LogP contribution in [-0.2, 0) is 4.43 Å². The predicted molar refractivity (Wildman–Crippen MR) is 76.7 cm³/mol. The molecule has 0 bridgehead atoms. The number of hydrogen-bond acceptors (Lipinski definition) is 2. The largest absolute Gasteiger partial charge is 0.414 e. The van der Waals surface area contributed by atoms with Gasteiger partial charge in [0.05, 0.1) is 6.61 Å². The van der Waals surface area contributed by atoms with Crippen LogP contribution in [0.4, 0.5) is 0 Å². The van der Waals surface area contributed by atoms with Gasteiger partial charge in [-0.2, -0.15) is 0 Å². The molecule has 0 heterocycles. The van der Waals surface area contributed by atoms with E-state index in [1.54, 1.807) is 0 Å². The third-order valence-electron chi connectivity index (χ3n) is 3.44. The Morgan fingerprint density at radius 1 is 1.41 bits per heavy atom. The topological polar surface area (TPSA) is 29.5 Å². The molecule has 0 unspecified atom stereocenters. The SMILES string of the molecule is CCC=C=C(C)[C@H](O)CO[Si](C)(C)C(C)(C)C. The van der Waals surface area contributed by atoms with Crippen LogP contribution in [0.15, 0.2) is 17.4 Å². The second-order valence-electron chi connectivity index (χ2n) is 6.03. The van der Waals surface area contributed by atoms with Gasteiger partial charge in [-0.1, -0.05) is 27.7 Å². The van der Waals surface area contributed by atoms with E-state index in [0.29, 0.717) is 6.61 Å². The Kier molecular flexibility index (Phi) is 6.42. The summed E-state index contributed by atoms with van der Waals surface area (Å²) in [6.07, 6.45) is 2.34. The molecule has 0 saturated carbocycles. The van der Waals surface area contributed by atoms with Gasteiger partial charge in [-0.3, -0.25) is 0 Å². The van der Waals surface area contributed by atoms with Crippen molar-refractivity contribution in [1.82, 2.24) is 0 Å². The van der Waals surface area contributed by atoms with Crippen LogP contribution >= 0.6 is 0 Å². The Morgan fingerprint density at radius 2 is 1.94 bits per heavy atom. The molecule has 0 saturated heterocycles. The summed E-state index contributed by atoms with van der Waals surface area (Å²) in [5.41, 5.74) is 3.94. The van der Waals surface area contributed by atoms with Crippen molar-refractivity contribution in [1.29, 1.82) is 0 Å². The lowest BCUT2D eigenvalue weighted by Crippen LogP contribution is -2.42. The molecule has 0 amide bonds. The van der Waals surface area contributed by atoms with Crippen molar-refractivity contribution in [3.05, 3.63) is 17.4 Å².